The van der Waals surface area contributed by atoms with Crippen molar-refractivity contribution < 1.29 is 14.6 Å². The summed E-state index contributed by atoms with van der Waals surface area (Å²) in [6, 6.07) is 16.1. The molecule has 1 amide bonds. The molecule has 2 heterocycles. The number of methoxy groups -OCH3 is 1. The molecule has 9 nitrogen and oxygen atoms in total. The Morgan fingerprint density at radius 1 is 1.00 bits per heavy atom. The van der Waals surface area contributed by atoms with Gasteiger partial charge in [0.2, 0.25) is 5.91 Å². The van der Waals surface area contributed by atoms with Crippen molar-refractivity contribution in [1.82, 2.24) is 18.7 Å². The van der Waals surface area contributed by atoms with E-state index in [1.54, 1.807) is 53.6 Å². The number of primary amides is 1. The fraction of sp³-hybridized carbons (Fsp3) is 0.160. The summed E-state index contributed by atoms with van der Waals surface area (Å²) in [5.41, 5.74) is 10.6. The van der Waals surface area contributed by atoms with E-state index >= 15 is 0 Å². The lowest BCUT2D eigenvalue weighted by atomic mass is 10.1. The van der Waals surface area contributed by atoms with E-state index in [1.165, 1.54) is 7.11 Å². The Balaban J connectivity index is 1.71. The number of ether oxygens (including phenoxy) is 1. The largest absolute Gasteiger partial charge is 0.504 e. The second-order valence-electron chi connectivity index (χ2n) is 8.20. The zero-order valence-electron chi connectivity index (χ0n) is 18.9. The van der Waals surface area contributed by atoms with Gasteiger partial charge in [0, 0.05) is 31.8 Å². The van der Waals surface area contributed by atoms with Gasteiger partial charge in [-0.2, -0.15) is 0 Å². The molecule has 0 unspecified atom stereocenters. The summed E-state index contributed by atoms with van der Waals surface area (Å²) in [6.45, 7) is 0.462. The number of nitrogens with zero attached hydrogens (tertiary/aromatic N) is 4. The Bertz CT molecular complexity index is 1660. The van der Waals surface area contributed by atoms with Crippen LogP contribution in [0.15, 0.2) is 59.4 Å². The lowest BCUT2D eigenvalue weighted by Gasteiger charge is -2.12. The number of aromatic hydroxyl groups is 1. The second-order valence-corrected chi connectivity index (χ2v) is 8.20. The molecule has 3 aromatic carbocycles. The zero-order chi connectivity index (χ0) is 24.1. The number of amides is 1. The van der Waals surface area contributed by atoms with Crippen molar-refractivity contribution in [2.45, 2.75) is 6.54 Å². The molecule has 0 aliphatic heterocycles. The predicted octanol–water partition coefficient (Wildman–Crippen LogP) is 2.76. The number of rotatable bonds is 5. The van der Waals surface area contributed by atoms with Crippen molar-refractivity contribution in [3.05, 3.63) is 76.2 Å². The Kier molecular flexibility index (Phi) is 4.89. The molecule has 0 aliphatic carbocycles. The number of hydrogen-bond donors (Lipinski definition) is 2. The average Bonchev–Trinajstić information content (AvgIpc) is 3.29. The number of aromatic nitrogens is 4. The number of nitrogens with two attached hydrogens (primary N) is 1. The van der Waals surface area contributed by atoms with E-state index < -0.39 is 5.91 Å². The summed E-state index contributed by atoms with van der Waals surface area (Å²) < 4.78 is 10.5. The van der Waals surface area contributed by atoms with Gasteiger partial charge >= 0.3 is 5.69 Å². The third kappa shape index (κ3) is 3.29. The maximum absolute atomic E-state index is 12.3. The molecule has 0 radical (unpaired) electrons. The minimum Gasteiger partial charge on any atom is -0.504 e. The van der Waals surface area contributed by atoms with Gasteiger partial charge in [0.1, 0.15) is 5.82 Å². The van der Waals surface area contributed by atoms with Gasteiger partial charge in [-0.3, -0.25) is 13.9 Å². The lowest BCUT2D eigenvalue weighted by Crippen LogP contribution is -2.19. The molecule has 0 aliphatic rings. The van der Waals surface area contributed by atoms with Gasteiger partial charge in [-0.1, -0.05) is 6.07 Å². The van der Waals surface area contributed by atoms with Gasteiger partial charge in [-0.25, -0.2) is 9.78 Å². The molecule has 0 saturated carbocycles. The first-order valence-electron chi connectivity index (χ1n) is 10.6. The van der Waals surface area contributed by atoms with E-state index in [0.717, 1.165) is 27.7 Å². The molecule has 2 aromatic heterocycles. The van der Waals surface area contributed by atoms with E-state index in [1.807, 2.05) is 28.8 Å². The van der Waals surface area contributed by atoms with Crippen molar-refractivity contribution in [1.29, 1.82) is 0 Å². The minimum absolute atomic E-state index is 0.0281. The van der Waals surface area contributed by atoms with Gasteiger partial charge in [-0.15, -0.1) is 0 Å². The van der Waals surface area contributed by atoms with Crippen LogP contribution in [0.4, 0.5) is 0 Å². The van der Waals surface area contributed by atoms with Crippen molar-refractivity contribution >= 4 is 28.0 Å². The topological polar surface area (TPSA) is 117 Å². The second kappa shape index (κ2) is 7.80. The van der Waals surface area contributed by atoms with Gasteiger partial charge in [-0.05, 0) is 54.1 Å². The van der Waals surface area contributed by atoms with Crippen molar-refractivity contribution in [2.24, 2.45) is 19.8 Å². The average molecular weight is 457 g/mol. The summed E-state index contributed by atoms with van der Waals surface area (Å²) in [5, 5.41) is 10.0. The first-order chi connectivity index (χ1) is 16.3. The number of fused-ring (bicyclic) bond motifs is 2. The number of hydrogen-bond acceptors (Lipinski definition) is 5. The molecule has 0 fully saturated rings. The quantitative estimate of drug-likeness (QED) is 0.421. The molecule has 3 N–H and O–H groups in total. The first kappa shape index (κ1) is 21.3. The fourth-order valence-corrected chi connectivity index (χ4v) is 4.31. The molecule has 34 heavy (non-hydrogen) atoms. The molecule has 172 valence electrons. The van der Waals surface area contributed by atoms with Crippen LogP contribution >= 0.6 is 0 Å². The molecule has 0 bridgehead atoms. The Hall–Kier alpha value is -4.53. The lowest BCUT2D eigenvalue weighted by molar-refractivity contribution is 0.100. The Labute approximate surface area is 194 Å². The summed E-state index contributed by atoms with van der Waals surface area (Å²) in [7, 11) is 4.99. The predicted molar refractivity (Wildman–Crippen MR) is 129 cm³/mol. The van der Waals surface area contributed by atoms with Crippen LogP contribution in [0.1, 0.15) is 15.9 Å². The van der Waals surface area contributed by atoms with Crippen LogP contribution in [-0.4, -0.2) is 36.8 Å². The number of imidazole rings is 2. The summed E-state index contributed by atoms with van der Waals surface area (Å²) >= 11 is 0. The van der Waals surface area contributed by atoms with Crippen LogP contribution in [0.25, 0.3) is 33.5 Å². The highest BCUT2D eigenvalue weighted by atomic mass is 16.5. The van der Waals surface area contributed by atoms with Crippen LogP contribution in [0.3, 0.4) is 0 Å². The van der Waals surface area contributed by atoms with Crippen LogP contribution < -0.4 is 16.2 Å². The third-order valence-electron chi connectivity index (χ3n) is 6.15. The number of carbonyl (C=O) groups is 1. The molecule has 9 heteroatoms. The van der Waals surface area contributed by atoms with Crippen molar-refractivity contribution in [2.75, 3.05) is 7.11 Å². The molecule has 5 rings (SSSR count). The Morgan fingerprint density at radius 3 is 2.47 bits per heavy atom. The highest BCUT2D eigenvalue weighted by Crippen LogP contribution is 2.33. The minimum atomic E-state index is -0.528. The molecule has 0 spiro atoms. The molecule has 5 aromatic rings. The van der Waals surface area contributed by atoms with E-state index in [0.29, 0.717) is 29.2 Å². The summed E-state index contributed by atoms with van der Waals surface area (Å²) in [6.07, 6.45) is 0. The van der Waals surface area contributed by atoms with Crippen molar-refractivity contribution in [3.63, 3.8) is 0 Å². The van der Waals surface area contributed by atoms with Gasteiger partial charge in [0.15, 0.2) is 11.5 Å². The number of phenolic OH excluding ortho intramolecular Hbond substituents is 1. The van der Waals surface area contributed by atoms with Gasteiger partial charge in [0.25, 0.3) is 0 Å². The highest BCUT2D eigenvalue weighted by Gasteiger charge is 2.17. The van der Waals surface area contributed by atoms with Crippen LogP contribution in [0.5, 0.6) is 11.5 Å². The number of benzene rings is 3. The molecular formula is C25H23N5O4. The third-order valence-corrected chi connectivity index (χ3v) is 6.15. The van der Waals surface area contributed by atoms with E-state index in [9.17, 15) is 14.7 Å². The zero-order valence-corrected chi connectivity index (χ0v) is 18.9. The molecule has 0 saturated heterocycles. The normalized spacial score (nSPS) is 11.4. The van der Waals surface area contributed by atoms with E-state index in [-0.39, 0.29) is 11.4 Å². The fourth-order valence-electron chi connectivity index (χ4n) is 4.31. The standard InChI is InChI=1S/C25H23N5O4/c1-28-19-7-4-14(10-20(19)29(2)25(28)33)13-30-18-8-5-15(23(26)32)11-17(18)27-24(30)16-6-9-21(31)22(12-16)34-3/h4-12,31H,13H2,1-3H3,(H2,26,32). The first-order valence-corrected chi connectivity index (χ1v) is 10.6. The van der Waals surface area contributed by atoms with E-state index in [4.69, 9.17) is 15.5 Å². The van der Waals surface area contributed by atoms with Crippen molar-refractivity contribution in [3.8, 4) is 22.9 Å². The van der Waals surface area contributed by atoms with Gasteiger partial charge < -0.3 is 20.1 Å². The number of carbonyl (C=O) groups excluding carboxylic acids is 1. The summed E-state index contributed by atoms with van der Waals surface area (Å²) in [5.74, 6) is 0.465. The monoisotopic (exact) mass is 457 g/mol. The SMILES string of the molecule is COc1cc(-c2nc3cc(C(N)=O)ccc3n2Cc2ccc3c(c2)n(C)c(=O)n3C)ccc1O. The van der Waals surface area contributed by atoms with Crippen LogP contribution in [0, 0.1) is 0 Å². The summed E-state index contributed by atoms with van der Waals surface area (Å²) in [4.78, 5) is 28.8. The van der Waals surface area contributed by atoms with Crippen LogP contribution in [0.2, 0.25) is 0 Å². The molecular weight excluding hydrogens is 434 g/mol. The number of aryl methyl sites for hydroxylation is 2. The molecule has 0 atom stereocenters. The maximum Gasteiger partial charge on any atom is 0.328 e. The highest BCUT2D eigenvalue weighted by molar-refractivity contribution is 5.96. The Morgan fingerprint density at radius 2 is 1.74 bits per heavy atom. The van der Waals surface area contributed by atoms with Gasteiger partial charge in [0.05, 0.1) is 29.2 Å². The smallest absolute Gasteiger partial charge is 0.328 e. The van der Waals surface area contributed by atoms with Crippen LogP contribution in [-0.2, 0) is 20.6 Å². The maximum atomic E-state index is 12.3. The number of phenols is 1. The van der Waals surface area contributed by atoms with E-state index in [2.05, 4.69) is 0 Å².